The molecule has 0 atom stereocenters. The number of benzene rings is 1. The first kappa shape index (κ1) is 14.7. The van der Waals surface area contributed by atoms with E-state index in [0.29, 0.717) is 13.1 Å². The van der Waals surface area contributed by atoms with E-state index in [2.05, 4.69) is 5.43 Å². The van der Waals surface area contributed by atoms with E-state index in [1.165, 1.54) is 28.0 Å². The third kappa shape index (κ3) is 2.77. The van der Waals surface area contributed by atoms with Gasteiger partial charge in [-0.25, -0.2) is 0 Å². The summed E-state index contributed by atoms with van der Waals surface area (Å²) in [4.78, 5) is 37.4. The zero-order valence-electron chi connectivity index (χ0n) is 11.4. The fraction of sp³-hybridized carbons (Fsp3) is 0.333. The second-order valence-corrected chi connectivity index (χ2v) is 4.65. The molecule has 0 aliphatic carbocycles. The predicted molar refractivity (Wildman–Crippen MR) is 74.4 cm³/mol. The molecule has 1 aliphatic rings. The highest BCUT2D eigenvalue weighted by Gasteiger charge is 2.31. The second-order valence-electron chi connectivity index (χ2n) is 4.65. The lowest BCUT2D eigenvalue weighted by Crippen LogP contribution is -2.50. The molecular formula is C12H15N5O4. The number of carbonyl (C=O) groups is 2. The van der Waals surface area contributed by atoms with Crippen molar-refractivity contribution in [1.82, 2.24) is 9.80 Å². The molecular weight excluding hydrogens is 278 g/mol. The molecule has 1 fully saturated rings. The SMILES string of the molecule is CN1CCN(C(=O)c2cccc(NN)c2[N+](=O)[O-])CC1=O. The highest BCUT2D eigenvalue weighted by Crippen LogP contribution is 2.29. The topological polar surface area (TPSA) is 122 Å². The number of rotatable bonds is 3. The lowest BCUT2D eigenvalue weighted by Gasteiger charge is -2.31. The Hall–Kier alpha value is -2.68. The minimum atomic E-state index is -0.666. The maximum Gasteiger partial charge on any atom is 0.306 e. The number of amides is 2. The van der Waals surface area contributed by atoms with E-state index >= 15 is 0 Å². The number of anilines is 1. The van der Waals surface area contributed by atoms with Gasteiger partial charge in [0, 0.05) is 20.1 Å². The van der Waals surface area contributed by atoms with Gasteiger partial charge in [-0.1, -0.05) is 6.07 Å². The largest absolute Gasteiger partial charge is 0.342 e. The third-order valence-electron chi connectivity index (χ3n) is 3.35. The molecule has 9 nitrogen and oxygen atoms in total. The number of hydrazine groups is 1. The van der Waals surface area contributed by atoms with Crippen molar-refractivity contribution in [2.75, 3.05) is 32.1 Å². The molecule has 21 heavy (non-hydrogen) atoms. The molecule has 2 rings (SSSR count). The molecule has 1 heterocycles. The van der Waals surface area contributed by atoms with E-state index in [-0.39, 0.29) is 23.7 Å². The van der Waals surface area contributed by atoms with E-state index in [4.69, 9.17) is 5.84 Å². The van der Waals surface area contributed by atoms with Crippen LogP contribution in [0.15, 0.2) is 18.2 Å². The molecule has 0 spiro atoms. The lowest BCUT2D eigenvalue weighted by molar-refractivity contribution is -0.384. The molecule has 1 aliphatic heterocycles. The van der Waals surface area contributed by atoms with Crippen LogP contribution in [0, 0.1) is 10.1 Å². The van der Waals surface area contributed by atoms with Crippen LogP contribution in [-0.2, 0) is 4.79 Å². The number of nitro benzene ring substituents is 1. The van der Waals surface area contributed by atoms with E-state index in [1.807, 2.05) is 0 Å². The van der Waals surface area contributed by atoms with Gasteiger partial charge in [0.05, 0.1) is 4.92 Å². The molecule has 9 heteroatoms. The van der Waals surface area contributed by atoms with Crippen molar-refractivity contribution < 1.29 is 14.5 Å². The zero-order valence-corrected chi connectivity index (χ0v) is 11.4. The van der Waals surface area contributed by atoms with Crippen LogP contribution in [0.2, 0.25) is 0 Å². The van der Waals surface area contributed by atoms with Crippen LogP contribution in [0.3, 0.4) is 0 Å². The predicted octanol–water partition coefficient (Wildman–Crippen LogP) is -0.205. The van der Waals surface area contributed by atoms with Gasteiger partial charge >= 0.3 is 5.69 Å². The maximum absolute atomic E-state index is 12.4. The van der Waals surface area contributed by atoms with E-state index in [9.17, 15) is 19.7 Å². The number of hydrogen-bond donors (Lipinski definition) is 2. The van der Waals surface area contributed by atoms with Gasteiger partial charge < -0.3 is 15.2 Å². The Morgan fingerprint density at radius 1 is 1.43 bits per heavy atom. The minimum absolute atomic E-state index is 0.0475. The second kappa shape index (κ2) is 5.75. The molecule has 0 bridgehead atoms. The summed E-state index contributed by atoms with van der Waals surface area (Å²) in [6.45, 7) is 0.637. The fourth-order valence-electron chi connectivity index (χ4n) is 2.13. The Kier molecular flexibility index (Phi) is 4.03. The van der Waals surface area contributed by atoms with E-state index in [1.54, 1.807) is 7.05 Å². The molecule has 2 amide bonds. The number of nitrogens with one attached hydrogen (secondary N) is 1. The summed E-state index contributed by atoms with van der Waals surface area (Å²) in [5.74, 6) is 4.48. The summed E-state index contributed by atoms with van der Waals surface area (Å²) in [7, 11) is 1.64. The number of para-hydroxylation sites is 1. The van der Waals surface area contributed by atoms with Crippen molar-refractivity contribution in [3.8, 4) is 0 Å². The Labute approximate surface area is 120 Å². The first-order valence-corrected chi connectivity index (χ1v) is 6.23. The number of nitrogens with two attached hydrogens (primary N) is 1. The molecule has 0 unspecified atom stereocenters. The van der Waals surface area contributed by atoms with Crippen LogP contribution in [0.1, 0.15) is 10.4 Å². The van der Waals surface area contributed by atoms with Crippen LogP contribution < -0.4 is 11.3 Å². The first-order valence-electron chi connectivity index (χ1n) is 6.23. The molecule has 0 saturated carbocycles. The van der Waals surface area contributed by atoms with Gasteiger partial charge in [-0.05, 0) is 12.1 Å². The zero-order chi connectivity index (χ0) is 15.6. The lowest BCUT2D eigenvalue weighted by atomic mass is 10.1. The van der Waals surface area contributed by atoms with Crippen molar-refractivity contribution in [1.29, 1.82) is 0 Å². The Bertz CT molecular complexity index is 603. The van der Waals surface area contributed by atoms with Gasteiger partial charge in [0.1, 0.15) is 17.8 Å². The number of nitro groups is 1. The van der Waals surface area contributed by atoms with Crippen LogP contribution >= 0.6 is 0 Å². The number of nitrogen functional groups attached to an aromatic ring is 1. The Balaban J connectivity index is 2.35. The van der Waals surface area contributed by atoms with Gasteiger partial charge in [0.15, 0.2) is 0 Å². The van der Waals surface area contributed by atoms with Crippen molar-refractivity contribution >= 4 is 23.2 Å². The smallest absolute Gasteiger partial charge is 0.306 e. The van der Waals surface area contributed by atoms with Gasteiger partial charge in [-0.15, -0.1) is 0 Å². The van der Waals surface area contributed by atoms with Crippen molar-refractivity contribution in [3.05, 3.63) is 33.9 Å². The van der Waals surface area contributed by atoms with Crippen LogP contribution in [0.4, 0.5) is 11.4 Å². The van der Waals surface area contributed by atoms with Crippen molar-refractivity contribution in [3.63, 3.8) is 0 Å². The summed E-state index contributed by atoms with van der Waals surface area (Å²) in [5, 5.41) is 11.2. The molecule has 3 N–H and O–H groups in total. The minimum Gasteiger partial charge on any atom is -0.342 e. The Morgan fingerprint density at radius 2 is 2.14 bits per heavy atom. The quantitative estimate of drug-likeness (QED) is 0.452. The van der Waals surface area contributed by atoms with E-state index < -0.39 is 16.5 Å². The molecule has 1 aromatic rings. The number of carbonyl (C=O) groups excluding carboxylic acids is 2. The molecule has 1 saturated heterocycles. The maximum atomic E-state index is 12.4. The number of likely N-dealkylation sites (N-methyl/N-ethyl adjacent to an activating group) is 1. The fourth-order valence-corrected chi connectivity index (χ4v) is 2.13. The van der Waals surface area contributed by atoms with Gasteiger partial charge in [-0.2, -0.15) is 0 Å². The van der Waals surface area contributed by atoms with Gasteiger partial charge in [-0.3, -0.25) is 25.5 Å². The normalized spacial score (nSPS) is 15.0. The number of hydrogen-bond acceptors (Lipinski definition) is 6. The highest BCUT2D eigenvalue weighted by atomic mass is 16.6. The summed E-state index contributed by atoms with van der Waals surface area (Å²) in [5.41, 5.74) is 1.77. The average molecular weight is 293 g/mol. The standard InChI is InChI=1S/C12H15N5O4/c1-15-5-6-16(7-10(15)18)12(19)8-3-2-4-9(14-13)11(8)17(20)21/h2-4,14H,5-7,13H2,1H3. The number of nitrogens with zero attached hydrogens (tertiary/aromatic N) is 3. The monoisotopic (exact) mass is 293 g/mol. The van der Waals surface area contributed by atoms with Crippen molar-refractivity contribution in [2.24, 2.45) is 5.84 Å². The average Bonchev–Trinajstić information content (AvgIpc) is 2.48. The molecule has 0 radical (unpaired) electrons. The number of piperazine rings is 1. The summed E-state index contributed by atoms with van der Waals surface area (Å²) in [6, 6.07) is 4.25. The summed E-state index contributed by atoms with van der Waals surface area (Å²) in [6.07, 6.45) is 0. The first-order chi connectivity index (χ1) is 9.95. The van der Waals surface area contributed by atoms with Crippen LogP contribution in [0.25, 0.3) is 0 Å². The Morgan fingerprint density at radius 3 is 2.71 bits per heavy atom. The summed E-state index contributed by atoms with van der Waals surface area (Å²) < 4.78 is 0. The molecule has 0 aromatic heterocycles. The molecule has 112 valence electrons. The van der Waals surface area contributed by atoms with Crippen LogP contribution in [-0.4, -0.2) is 53.2 Å². The van der Waals surface area contributed by atoms with E-state index in [0.717, 1.165) is 0 Å². The van der Waals surface area contributed by atoms with Crippen LogP contribution in [0.5, 0.6) is 0 Å². The highest BCUT2D eigenvalue weighted by molar-refractivity contribution is 6.02. The molecule has 1 aromatic carbocycles. The summed E-state index contributed by atoms with van der Waals surface area (Å²) >= 11 is 0. The van der Waals surface area contributed by atoms with Crippen molar-refractivity contribution in [2.45, 2.75) is 0 Å². The van der Waals surface area contributed by atoms with Gasteiger partial charge in [0.25, 0.3) is 5.91 Å². The third-order valence-corrected chi connectivity index (χ3v) is 3.35. The van der Waals surface area contributed by atoms with Gasteiger partial charge in [0.2, 0.25) is 5.91 Å².